The lowest BCUT2D eigenvalue weighted by atomic mass is 9.85. The molecule has 1 aliphatic carbocycles. The maximum absolute atomic E-state index is 13.0. The van der Waals surface area contributed by atoms with Crippen LogP contribution in [0.3, 0.4) is 0 Å². The van der Waals surface area contributed by atoms with Crippen molar-refractivity contribution in [2.45, 2.75) is 57.7 Å². The summed E-state index contributed by atoms with van der Waals surface area (Å²) in [7, 11) is 1.26. The van der Waals surface area contributed by atoms with Crippen molar-refractivity contribution in [2.24, 2.45) is 11.3 Å². The maximum atomic E-state index is 13.0. The number of rotatable bonds is 6. The zero-order chi connectivity index (χ0) is 21.3. The molecule has 4 atom stereocenters. The van der Waals surface area contributed by atoms with Crippen LogP contribution in [-0.2, 0) is 19.1 Å². The first-order valence-electron chi connectivity index (χ1n) is 9.31. The van der Waals surface area contributed by atoms with Crippen molar-refractivity contribution in [3.63, 3.8) is 0 Å². The number of nitrogens with one attached hydrogen (secondary N) is 2. The lowest BCUT2D eigenvalue weighted by molar-refractivity contribution is -0.148. The molecule has 1 saturated heterocycles. The molecule has 9 nitrogen and oxygen atoms in total. The van der Waals surface area contributed by atoms with E-state index in [4.69, 9.17) is 9.84 Å². The van der Waals surface area contributed by atoms with E-state index in [0.717, 1.165) is 0 Å². The zero-order valence-corrected chi connectivity index (χ0v) is 16.8. The molecule has 0 bridgehead atoms. The summed E-state index contributed by atoms with van der Waals surface area (Å²) in [4.78, 5) is 50.6. The Bertz CT molecular complexity index is 686. The fourth-order valence-corrected chi connectivity index (χ4v) is 3.73. The first-order valence-corrected chi connectivity index (χ1v) is 9.31. The van der Waals surface area contributed by atoms with E-state index < -0.39 is 46.9 Å². The molecule has 1 saturated carbocycles. The van der Waals surface area contributed by atoms with E-state index in [9.17, 15) is 19.2 Å². The SMILES string of the molecule is C=C[C@@H]1CC1(NC(=O)[C@@H]1CCCN1C(=O)[C@@H](NC(=O)O)C(C)(C)C)C(=O)OC. The smallest absolute Gasteiger partial charge is 0.405 e. The minimum absolute atomic E-state index is 0.217. The average molecular weight is 395 g/mol. The normalized spacial score (nSPS) is 27.5. The van der Waals surface area contributed by atoms with Crippen LogP contribution in [0.25, 0.3) is 0 Å². The topological polar surface area (TPSA) is 125 Å². The van der Waals surface area contributed by atoms with Gasteiger partial charge in [-0.05, 0) is 24.7 Å². The predicted molar refractivity (Wildman–Crippen MR) is 100 cm³/mol. The number of carbonyl (C=O) groups excluding carboxylic acids is 3. The van der Waals surface area contributed by atoms with Gasteiger partial charge in [-0.1, -0.05) is 26.8 Å². The van der Waals surface area contributed by atoms with Gasteiger partial charge in [0.2, 0.25) is 11.8 Å². The van der Waals surface area contributed by atoms with Crippen LogP contribution in [0, 0.1) is 11.3 Å². The second-order valence-corrected chi connectivity index (χ2v) is 8.44. The van der Waals surface area contributed by atoms with Crippen molar-refractivity contribution in [1.29, 1.82) is 0 Å². The summed E-state index contributed by atoms with van der Waals surface area (Å²) in [6.45, 7) is 9.28. The predicted octanol–water partition coefficient (Wildman–Crippen LogP) is 0.894. The molecule has 3 amide bonds. The van der Waals surface area contributed by atoms with Crippen molar-refractivity contribution >= 4 is 23.9 Å². The van der Waals surface area contributed by atoms with E-state index in [-0.39, 0.29) is 5.92 Å². The molecule has 2 aliphatic rings. The summed E-state index contributed by atoms with van der Waals surface area (Å²) < 4.78 is 4.82. The molecule has 1 heterocycles. The van der Waals surface area contributed by atoms with Gasteiger partial charge in [-0.2, -0.15) is 0 Å². The second kappa shape index (κ2) is 7.81. The number of hydrogen-bond donors (Lipinski definition) is 3. The Hall–Kier alpha value is -2.58. The Labute approximate surface area is 164 Å². The summed E-state index contributed by atoms with van der Waals surface area (Å²) in [6.07, 6.45) is 1.76. The maximum Gasteiger partial charge on any atom is 0.405 e. The largest absolute Gasteiger partial charge is 0.467 e. The van der Waals surface area contributed by atoms with Crippen LogP contribution < -0.4 is 10.6 Å². The van der Waals surface area contributed by atoms with Crippen LogP contribution in [-0.4, -0.2) is 65.2 Å². The second-order valence-electron chi connectivity index (χ2n) is 8.44. The van der Waals surface area contributed by atoms with E-state index in [1.165, 1.54) is 12.0 Å². The lowest BCUT2D eigenvalue weighted by Crippen LogP contribution is -2.59. The molecular formula is C19H29N3O6. The number of methoxy groups -OCH3 is 1. The molecule has 0 aromatic carbocycles. The highest BCUT2D eigenvalue weighted by molar-refractivity contribution is 5.96. The van der Waals surface area contributed by atoms with Gasteiger partial charge in [0.15, 0.2) is 0 Å². The monoisotopic (exact) mass is 395 g/mol. The van der Waals surface area contributed by atoms with Gasteiger partial charge in [0.25, 0.3) is 0 Å². The highest BCUT2D eigenvalue weighted by atomic mass is 16.5. The van der Waals surface area contributed by atoms with Gasteiger partial charge in [0, 0.05) is 12.5 Å². The Balaban J connectivity index is 2.18. The third kappa shape index (κ3) is 4.13. The van der Waals surface area contributed by atoms with Gasteiger partial charge < -0.3 is 25.4 Å². The van der Waals surface area contributed by atoms with Gasteiger partial charge in [0.05, 0.1) is 7.11 Å². The van der Waals surface area contributed by atoms with Gasteiger partial charge in [-0.25, -0.2) is 9.59 Å². The van der Waals surface area contributed by atoms with E-state index in [1.54, 1.807) is 26.8 Å². The fourth-order valence-electron chi connectivity index (χ4n) is 3.73. The van der Waals surface area contributed by atoms with E-state index in [1.807, 2.05) is 0 Å². The molecule has 1 unspecified atom stereocenters. The molecule has 0 radical (unpaired) electrons. The Morgan fingerprint density at radius 1 is 1.32 bits per heavy atom. The number of carbonyl (C=O) groups is 4. The molecule has 0 aromatic rings. The van der Waals surface area contributed by atoms with Gasteiger partial charge in [-0.3, -0.25) is 9.59 Å². The Kier molecular flexibility index (Phi) is 6.06. The van der Waals surface area contributed by atoms with Crippen molar-refractivity contribution in [1.82, 2.24) is 15.5 Å². The van der Waals surface area contributed by atoms with E-state index in [0.29, 0.717) is 25.8 Å². The number of esters is 1. The number of ether oxygens (including phenoxy) is 1. The third-order valence-corrected chi connectivity index (χ3v) is 5.41. The molecule has 2 fully saturated rings. The van der Waals surface area contributed by atoms with E-state index in [2.05, 4.69) is 17.2 Å². The molecule has 2 rings (SSSR count). The van der Waals surface area contributed by atoms with Crippen LogP contribution in [0.1, 0.15) is 40.0 Å². The molecule has 28 heavy (non-hydrogen) atoms. The van der Waals surface area contributed by atoms with Crippen LogP contribution in [0.15, 0.2) is 12.7 Å². The number of nitrogens with zero attached hydrogens (tertiary/aromatic N) is 1. The molecular weight excluding hydrogens is 366 g/mol. The lowest BCUT2D eigenvalue weighted by Gasteiger charge is -2.35. The Morgan fingerprint density at radius 2 is 1.96 bits per heavy atom. The highest BCUT2D eigenvalue weighted by Crippen LogP contribution is 2.45. The number of amides is 3. The number of likely N-dealkylation sites (tertiary alicyclic amines) is 1. The molecule has 3 N–H and O–H groups in total. The number of hydrogen-bond acceptors (Lipinski definition) is 5. The minimum Gasteiger partial charge on any atom is -0.467 e. The van der Waals surface area contributed by atoms with Gasteiger partial charge in [0.1, 0.15) is 17.6 Å². The van der Waals surface area contributed by atoms with Gasteiger partial charge in [-0.15, -0.1) is 6.58 Å². The summed E-state index contributed by atoms with van der Waals surface area (Å²) in [5.41, 5.74) is -1.80. The zero-order valence-electron chi connectivity index (χ0n) is 16.8. The quantitative estimate of drug-likeness (QED) is 0.453. The third-order valence-electron chi connectivity index (χ3n) is 5.41. The van der Waals surface area contributed by atoms with Crippen molar-refractivity contribution in [3.05, 3.63) is 12.7 Å². The molecule has 156 valence electrons. The van der Waals surface area contributed by atoms with Crippen molar-refractivity contribution < 1.29 is 29.0 Å². The Morgan fingerprint density at radius 3 is 2.43 bits per heavy atom. The fraction of sp³-hybridized carbons (Fsp3) is 0.684. The standard InChI is InChI=1S/C19H29N3O6/c1-6-11-10-19(11,16(25)28-5)21-14(23)12-8-7-9-22(12)15(24)13(18(2,3)4)20-17(26)27/h6,11-13,20H,1,7-10H2,2-5H3,(H,21,23)(H,26,27)/t11-,12+,13-,19?/m1/s1. The van der Waals surface area contributed by atoms with Crippen LogP contribution in [0.2, 0.25) is 0 Å². The summed E-state index contributed by atoms with van der Waals surface area (Å²) in [5, 5.41) is 14.1. The molecule has 0 aromatic heterocycles. The summed E-state index contributed by atoms with van der Waals surface area (Å²) in [6, 6.07) is -1.75. The first-order chi connectivity index (χ1) is 13.0. The van der Waals surface area contributed by atoms with Crippen molar-refractivity contribution in [2.75, 3.05) is 13.7 Å². The molecule has 9 heteroatoms. The average Bonchev–Trinajstić information content (AvgIpc) is 3.10. The van der Waals surface area contributed by atoms with Crippen LogP contribution in [0.4, 0.5) is 4.79 Å². The van der Waals surface area contributed by atoms with Crippen molar-refractivity contribution in [3.8, 4) is 0 Å². The van der Waals surface area contributed by atoms with Gasteiger partial charge >= 0.3 is 12.1 Å². The minimum atomic E-state index is -1.30. The first kappa shape index (κ1) is 21.7. The molecule has 1 aliphatic heterocycles. The highest BCUT2D eigenvalue weighted by Gasteiger charge is 2.61. The summed E-state index contributed by atoms with van der Waals surface area (Å²) >= 11 is 0. The van der Waals surface area contributed by atoms with Crippen LogP contribution in [0.5, 0.6) is 0 Å². The number of carboxylic acid groups (broad SMARTS) is 1. The molecule has 0 spiro atoms. The van der Waals surface area contributed by atoms with Crippen LogP contribution >= 0.6 is 0 Å². The van der Waals surface area contributed by atoms with E-state index >= 15 is 0 Å². The summed E-state index contributed by atoms with van der Waals surface area (Å²) in [5.74, 6) is -1.65.